The van der Waals surface area contributed by atoms with Gasteiger partial charge in [-0.25, -0.2) is 23.8 Å². The number of para-hydroxylation sites is 1. The molecule has 8 nitrogen and oxygen atoms in total. The van der Waals surface area contributed by atoms with Crippen molar-refractivity contribution in [2.75, 3.05) is 19.7 Å². The second-order valence-electron chi connectivity index (χ2n) is 6.99. The van der Waals surface area contributed by atoms with Crippen molar-refractivity contribution in [3.8, 4) is 22.7 Å². The van der Waals surface area contributed by atoms with E-state index in [1.165, 1.54) is 22.0 Å². The highest BCUT2D eigenvalue weighted by Crippen LogP contribution is 2.34. The van der Waals surface area contributed by atoms with Gasteiger partial charge in [0, 0.05) is 24.8 Å². The largest absolute Gasteiger partial charge is 0.488 e. The number of piperidine rings is 1. The maximum Gasteiger partial charge on any atom is 0.407 e. The molecule has 2 aromatic heterocycles. The number of rotatable bonds is 5. The van der Waals surface area contributed by atoms with Gasteiger partial charge in [-0.2, -0.15) is 5.10 Å². The van der Waals surface area contributed by atoms with Crippen LogP contribution >= 0.6 is 11.6 Å². The van der Waals surface area contributed by atoms with Gasteiger partial charge in [-0.1, -0.05) is 23.7 Å². The van der Waals surface area contributed by atoms with Gasteiger partial charge in [-0.3, -0.25) is 0 Å². The number of nitrogens with zero attached hydrogens (tertiary/aromatic N) is 5. The maximum absolute atomic E-state index is 14.1. The summed E-state index contributed by atoms with van der Waals surface area (Å²) in [7, 11) is 0. The molecule has 3 heterocycles. The van der Waals surface area contributed by atoms with E-state index < -0.39 is 11.9 Å². The Hall–Kier alpha value is -3.20. The average molecular weight is 432 g/mol. The van der Waals surface area contributed by atoms with Crippen LogP contribution in [0.5, 0.6) is 5.75 Å². The molecule has 1 amide bonds. The molecule has 0 unspecified atom stereocenters. The van der Waals surface area contributed by atoms with Gasteiger partial charge in [-0.05, 0) is 30.9 Å². The van der Waals surface area contributed by atoms with Gasteiger partial charge in [0.25, 0.3) is 0 Å². The van der Waals surface area contributed by atoms with Gasteiger partial charge in [-0.15, -0.1) is 0 Å². The van der Waals surface area contributed by atoms with Crippen molar-refractivity contribution >= 4 is 17.7 Å². The van der Waals surface area contributed by atoms with Crippen LogP contribution < -0.4 is 4.74 Å². The Labute approximate surface area is 176 Å². The summed E-state index contributed by atoms with van der Waals surface area (Å²) >= 11 is 6.26. The molecule has 3 aromatic rings. The number of carbonyl (C=O) groups is 1. The minimum Gasteiger partial charge on any atom is -0.488 e. The number of carboxylic acid groups (broad SMARTS) is 1. The van der Waals surface area contributed by atoms with E-state index in [4.69, 9.17) is 21.4 Å². The summed E-state index contributed by atoms with van der Waals surface area (Å²) in [5.74, 6) is 0.135. The average Bonchev–Trinajstić information content (AvgIpc) is 3.23. The van der Waals surface area contributed by atoms with Crippen molar-refractivity contribution in [2.45, 2.75) is 12.8 Å². The first-order valence-corrected chi connectivity index (χ1v) is 9.82. The Morgan fingerprint density at radius 1 is 1.27 bits per heavy atom. The first-order valence-electron chi connectivity index (χ1n) is 9.44. The van der Waals surface area contributed by atoms with Crippen molar-refractivity contribution in [2.24, 2.45) is 5.92 Å². The van der Waals surface area contributed by atoms with Gasteiger partial charge in [0.1, 0.15) is 23.5 Å². The molecule has 1 aromatic carbocycles. The van der Waals surface area contributed by atoms with Crippen LogP contribution in [0, 0.1) is 11.7 Å². The molecule has 0 spiro atoms. The highest BCUT2D eigenvalue weighted by atomic mass is 35.5. The van der Waals surface area contributed by atoms with Crippen molar-refractivity contribution in [3.05, 3.63) is 54.0 Å². The fourth-order valence-electron chi connectivity index (χ4n) is 3.39. The summed E-state index contributed by atoms with van der Waals surface area (Å²) in [4.78, 5) is 20.7. The molecule has 1 aliphatic rings. The van der Waals surface area contributed by atoms with E-state index in [1.807, 2.05) is 0 Å². The molecule has 0 aliphatic carbocycles. The zero-order valence-electron chi connectivity index (χ0n) is 15.9. The molecule has 0 bridgehead atoms. The summed E-state index contributed by atoms with van der Waals surface area (Å²) in [6, 6.07) is 6.33. The summed E-state index contributed by atoms with van der Waals surface area (Å²) in [6.07, 6.45) is 5.05. The Morgan fingerprint density at radius 3 is 2.77 bits per heavy atom. The summed E-state index contributed by atoms with van der Waals surface area (Å²) in [5, 5.41) is 13.5. The number of benzene rings is 1. The molecular weight excluding hydrogens is 413 g/mol. The van der Waals surface area contributed by atoms with Crippen LogP contribution in [0.15, 0.2) is 43.0 Å². The molecule has 4 rings (SSSR count). The second-order valence-corrected chi connectivity index (χ2v) is 7.35. The zero-order chi connectivity index (χ0) is 21.1. The molecule has 1 fully saturated rings. The fourth-order valence-corrected chi connectivity index (χ4v) is 3.58. The lowest BCUT2D eigenvalue weighted by atomic mass is 9.98. The lowest BCUT2D eigenvalue weighted by Gasteiger charge is -2.29. The Morgan fingerprint density at radius 2 is 2.03 bits per heavy atom. The van der Waals surface area contributed by atoms with Crippen molar-refractivity contribution < 1.29 is 19.0 Å². The van der Waals surface area contributed by atoms with Gasteiger partial charge < -0.3 is 14.7 Å². The number of amides is 1. The second kappa shape index (κ2) is 8.66. The van der Waals surface area contributed by atoms with Crippen LogP contribution in [0.25, 0.3) is 16.9 Å². The molecule has 0 radical (unpaired) electrons. The van der Waals surface area contributed by atoms with Gasteiger partial charge in [0.2, 0.25) is 0 Å². The van der Waals surface area contributed by atoms with Gasteiger partial charge in [0.15, 0.2) is 10.9 Å². The third-order valence-electron chi connectivity index (χ3n) is 5.06. The highest BCUT2D eigenvalue weighted by molar-refractivity contribution is 6.31. The monoisotopic (exact) mass is 431 g/mol. The SMILES string of the molecule is O=C(O)N1CCC(COc2c(Cl)ncnc2-c2cnn(-c3ccccc3F)c2)CC1. The molecule has 156 valence electrons. The molecule has 0 saturated carbocycles. The topological polar surface area (TPSA) is 93.4 Å². The number of hydrogen-bond acceptors (Lipinski definition) is 5. The molecule has 1 aliphatic heterocycles. The molecular formula is C20H19ClFN5O3. The van der Waals surface area contributed by atoms with Crippen LogP contribution in [0.4, 0.5) is 9.18 Å². The highest BCUT2D eigenvalue weighted by Gasteiger charge is 2.24. The quantitative estimate of drug-likeness (QED) is 0.616. The first kappa shape index (κ1) is 20.1. The van der Waals surface area contributed by atoms with E-state index in [2.05, 4.69) is 15.1 Å². The Balaban J connectivity index is 1.52. The van der Waals surface area contributed by atoms with E-state index in [9.17, 15) is 9.18 Å². The van der Waals surface area contributed by atoms with E-state index >= 15 is 0 Å². The van der Waals surface area contributed by atoms with Crippen LogP contribution in [0.2, 0.25) is 5.15 Å². The first-order chi connectivity index (χ1) is 14.5. The Bertz CT molecular complexity index is 1050. The predicted molar refractivity (Wildman–Crippen MR) is 107 cm³/mol. The lowest BCUT2D eigenvalue weighted by molar-refractivity contribution is 0.111. The van der Waals surface area contributed by atoms with E-state index in [0.717, 1.165) is 0 Å². The van der Waals surface area contributed by atoms with Crippen LogP contribution in [-0.2, 0) is 0 Å². The fraction of sp³-hybridized carbons (Fsp3) is 0.300. The van der Waals surface area contributed by atoms with Crippen LogP contribution in [0.3, 0.4) is 0 Å². The smallest absolute Gasteiger partial charge is 0.407 e. The van der Waals surface area contributed by atoms with Gasteiger partial charge >= 0.3 is 6.09 Å². The number of hydrogen-bond donors (Lipinski definition) is 1. The van der Waals surface area contributed by atoms with Crippen molar-refractivity contribution in [3.63, 3.8) is 0 Å². The number of ether oxygens (including phenoxy) is 1. The molecule has 30 heavy (non-hydrogen) atoms. The standard InChI is InChI=1S/C20H19ClFN5O3/c21-19-18(30-11-13-5-7-26(8-6-13)20(28)29)17(23-12-24-19)14-9-25-27(10-14)16-4-2-1-3-15(16)22/h1-4,9-10,12-13H,5-8,11H2,(H,28,29). The maximum atomic E-state index is 14.1. The molecule has 1 saturated heterocycles. The van der Waals surface area contributed by atoms with Gasteiger partial charge in [0.05, 0.1) is 12.8 Å². The van der Waals surface area contributed by atoms with Crippen molar-refractivity contribution in [1.29, 1.82) is 0 Å². The predicted octanol–water partition coefficient (Wildman–Crippen LogP) is 3.89. The van der Waals surface area contributed by atoms with E-state index in [0.29, 0.717) is 55.2 Å². The van der Waals surface area contributed by atoms with E-state index in [1.54, 1.807) is 30.6 Å². The van der Waals surface area contributed by atoms with E-state index in [-0.39, 0.29) is 11.1 Å². The summed E-state index contributed by atoms with van der Waals surface area (Å²) in [6.45, 7) is 1.32. The third kappa shape index (κ3) is 4.20. The van der Waals surface area contributed by atoms with Crippen LogP contribution in [-0.4, -0.2) is 55.5 Å². The number of likely N-dealkylation sites (tertiary alicyclic amines) is 1. The normalized spacial score (nSPS) is 14.7. The zero-order valence-corrected chi connectivity index (χ0v) is 16.7. The molecule has 10 heteroatoms. The summed E-state index contributed by atoms with van der Waals surface area (Å²) in [5.41, 5.74) is 1.38. The third-order valence-corrected chi connectivity index (χ3v) is 5.33. The lowest BCUT2D eigenvalue weighted by Crippen LogP contribution is -2.38. The summed E-state index contributed by atoms with van der Waals surface area (Å²) < 4.78 is 21.4. The minimum absolute atomic E-state index is 0.168. The van der Waals surface area contributed by atoms with Crippen molar-refractivity contribution in [1.82, 2.24) is 24.6 Å². The minimum atomic E-state index is -0.900. The molecule has 0 atom stereocenters. The Kier molecular flexibility index (Phi) is 5.80. The number of halogens is 2. The number of aromatic nitrogens is 4. The van der Waals surface area contributed by atoms with Crippen LogP contribution in [0.1, 0.15) is 12.8 Å². The molecule has 1 N–H and O–H groups in total.